The number of carbonyl (C=O) groups excluding carboxylic acids is 2. The fourth-order valence-electron chi connectivity index (χ4n) is 3.69. The zero-order valence-electron chi connectivity index (χ0n) is 16.0. The zero-order valence-corrected chi connectivity index (χ0v) is 16.7. The molecule has 2 amide bonds. The van der Waals surface area contributed by atoms with E-state index in [0.717, 1.165) is 57.8 Å². The molecule has 1 atom stereocenters. The van der Waals surface area contributed by atoms with Crippen molar-refractivity contribution in [2.24, 2.45) is 0 Å². The first-order valence-corrected chi connectivity index (χ1v) is 10.2. The van der Waals surface area contributed by atoms with Crippen LogP contribution in [0.2, 0.25) is 5.02 Å². The van der Waals surface area contributed by atoms with Crippen LogP contribution in [0.3, 0.4) is 0 Å². The van der Waals surface area contributed by atoms with Crippen molar-refractivity contribution in [3.05, 3.63) is 29.3 Å². The second-order valence-corrected chi connectivity index (χ2v) is 7.86. The number of carbonyl (C=O) groups is 2. The molecule has 3 rings (SSSR count). The Balaban J connectivity index is 1.43. The van der Waals surface area contributed by atoms with Gasteiger partial charge in [-0.2, -0.15) is 0 Å². The average molecular weight is 393 g/mol. The summed E-state index contributed by atoms with van der Waals surface area (Å²) in [4.78, 5) is 31.3. The minimum atomic E-state index is -0.208. The zero-order chi connectivity index (χ0) is 19.2. The molecule has 0 radical (unpaired) electrons. The number of anilines is 1. The molecule has 1 unspecified atom stereocenters. The van der Waals surface area contributed by atoms with Crippen molar-refractivity contribution in [1.29, 1.82) is 0 Å². The first kappa shape index (κ1) is 20.1. The van der Waals surface area contributed by atoms with Crippen LogP contribution >= 0.6 is 11.6 Å². The second kappa shape index (κ2) is 9.53. The van der Waals surface area contributed by atoms with Crippen molar-refractivity contribution in [1.82, 2.24) is 14.7 Å². The fourth-order valence-corrected chi connectivity index (χ4v) is 3.82. The molecule has 0 aliphatic carbocycles. The predicted octanol–water partition coefficient (Wildman–Crippen LogP) is 2.30. The van der Waals surface area contributed by atoms with E-state index in [1.807, 2.05) is 11.8 Å². The molecule has 27 heavy (non-hydrogen) atoms. The van der Waals surface area contributed by atoms with E-state index >= 15 is 0 Å². The third-order valence-electron chi connectivity index (χ3n) is 5.51. The van der Waals surface area contributed by atoms with E-state index in [2.05, 4.69) is 15.1 Å². The number of benzene rings is 1. The van der Waals surface area contributed by atoms with Gasteiger partial charge in [0.2, 0.25) is 11.8 Å². The molecule has 7 heteroatoms. The topological polar surface area (TPSA) is 55.9 Å². The summed E-state index contributed by atoms with van der Waals surface area (Å²) in [7, 11) is 0. The number of nitrogens with one attached hydrogen (secondary N) is 1. The Labute approximate surface area is 166 Å². The van der Waals surface area contributed by atoms with Gasteiger partial charge in [-0.05, 0) is 50.5 Å². The van der Waals surface area contributed by atoms with Gasteiger partial charge in [0.15, 0.2) is 0 Å². The Kier molecular flexibility index (Phi) is 7.10. The fraction of sp³-hybridized carbons (Fsp3) is 0.600. The van der Waals surface area contributed by atoms with Gasteiger partial charge in [-0.25, -0.2) is 0 Å². The molecule has 0 spiro atoms. The predicted molar refractivity (Wildman–Crippen MR) is 108 cm³/mol. The normalized spacial score (nSPS) is 20.3. The van der Waals surface area contributed by atoms with E-state index < -0.39 is 0 Å². The lowest BCUT2D eigenvalue weighted by Crippen LogP contribution is -2.54. The Bertz CT molecular complexity index is 638. The van der Waals surface area contributed by atoms with Gasteiger partial charge in [-0.15, -0.1) is 0 Å². The first-order chi connectivity index (χ1) is 13.0. The van der Waals surface area contributed by atoms with Crippen LogP contribution in [-0.4, -0.2) is 78.4 Å². The van der Waals surface area contributed by atoms with E-state index in [9.17, 15) is 9.59 Å². The summed E-state index contributed by atoms with van der Waals surface area (Å²) in [5.74, 6) is 0.229. The summed E-state index contributed by atoms with van der Waals surface area (Å²) in [5, 5.41) is 3.59. The van der Waals surface area contributed by atoms with Gasteiger partial charge >= 0.3 is 0 Å². The highest BCUT2D eigenvalue weighted by molar-refractivity contribution is 6.30. The van der Waals surface area contributed by atoms with Gasteiger partial charge in [0, 0.05) is 50.0 Å². The molecule has 6 nitrogen and oxygen atoms in total. The third-order valence-corrected chi connectivity index (χ3v) is 5.77. The number of nitrogens with zero attached hydrogens (tertiary/aromatic N) is 3. The Morgan fingerprint density at radius 1 is 1.00 bits per heavy atom. The van der Waals surface area contributed by atoms with Gasteiger partial charge in [0.25, 0.3) is 0 Å². The van der Waals surface area contributed by atoms with Crippen molar-refractivity contribution in [2.45, 2.75) is 32.2 Å². The van der Waals surface area contributed by atoms with Gasteiger partial charge in [-0.3, -0.25) is 19.4 Å². The Morgan fingerprint density at radius 2 is 1.63 bits per heavy atom. The number of amides is 2. The maximum absolute atomic E-state index is 12.5. The van der Waals surface area contributed by atoms with Crippen LogP contribution in [-0.2, 0) is 9.59 Å². The van der Waals surface area contributed by atoms with Crippen LogP contribution in [0, 0.1) is 0 Å². The molecule has 1 aromatic carbocycles. The van der Waals surface area contributed by atoms with E-state index in [4.69, 9.17) is 11.6 Å². The number of piperazine rings is 1. The number of likely N-dealkylation sites (tertiary alicyclic amines) is 1. The molecule has 2 aliphatic rings. The number of piperidine rings is 1. The SMILES string of the molecule is CC(C(=O)Nc1ccc(Cl)cc1)N1CCN(CC(=O)N2CCCCC2)CC1. The molecule has 2 aliphatic heterocycles. The van der Waals surface area contributed by atoms with Crippen molar-refractivity contribution >= 4 is 29.1 Å². The van der Waals surface area contributed by atoms with Crippen molar-refractivity contribution in [3.63, 3.8) is 0 Å². The molecule has 1 aromatic rings. The first-order valence-electron chi connectivity index (χ1n) is 9.83. The highest BCUT2D eigenvalue weighted by Crippen LogP contribution is 2.15. The summed E-state index contributed by atoms with van der Waals surface area (Å²) in [5.41, 5.74) is 0.752. The van der Waals surface area contributed by atoms with E-state index in [-0.39, 0.29) is 17.9 Å². The molecule has 0 bridgehead atoms. The van der Waals surface area contributed by atoms with E-state index in [1.54, 1.807) is 24.3 Å². The Morgan fingerprint density at radius 3 is 2.26 bits per heavy atom. The van der Waals surface area contributed by atoms with Gasteiger partial charge < -0.3 is 10.2 Å². The quantitative estimate of drug-likeness (QED) is 0.835. The highest BCUT2D eigenvalue weighted by Gasteiger charge is 2.27. The molecule has 0 saturated carbocycles. The minimum Gasteiger partial charge on any atom is -0.342 e. The molecule has 2 fully saturated rings. The van der Waals surface area contributed by atoms with Crippen LogP contribution < -0.4 is 5.32 Å². The van der Waals surface area contributed by atoms with Crippen molar-refractivity contribution in [3.8, 4) is 0 Å². The van der Waals surface area contributed by atoms with Crippen molar-refractivity contribution in [2.75, 3.05) is 51.1 Å². The summed E-state index contributed by atoms with van der Waals surface area (Å²) in [6, 6.07) is 6.93. The molecular formula is C20H29ClN4O2. The molecule has 148 valence electrons. The van der Waals surface area contributed by atoms with Crippen LogP contribution in [0.5, 0.6) is 0 Å². The van der Waals surface area contributed by atoms with E-state index in [0.29, 0.717) is 11.6 Å². The molecular weight excluding hydrogens is 364 g/mol. The minimum absolute atomic E-state index is 0.0184. The number of halogens is 1. The third kappa shape index (κ3) is 5.67. The number of hydrogen-bond acceptors (Lipinski definition) is 4. The lowest BCUT2D eigenvalue weighted by Gasteiger charge is -2.38. The summed E-state index contributed by atoms with van der Waals surface area (Å²) < 4.78 is 0. The number of hydrogen-bond donors (Lipinski definition) is 1. The summed E-state index contributed by atoms with van der Waals surface area (Å²) in [6.07, 6.45) is 3.48. The van der Waals surface area contributed by atoms with Crippen LogP contribution in [0.1, 0.15) is 26.2 Å². The lowest BCUT2D eigenvalue weighted by molar-refractivity contribution is -0.134. The monoisotopic (exact) mass is 392 g/mol. The largest absolute Gasteiger partial charge is 0.342 e. The standard InChI is InChI=1S/C20H29ClN4O2/c1-16(20(27)22-18-7-5-17(21)6-8-18)24-13-11-23(12-14-24)15-19(26)25-9-3-2-4-10-25/h5-8,16H,2-4,9-15H2,1H3,(H,22,27). The van der Waals surface area contributed by atoms with Crippen LogP contribution in [0.4, 0.5) is 5.69 Å². The average Bonchev–Trinajstić information content (AvgIpc) is 2.70. The van der Waals surface area contributed by atoms with E-state index in [1.165, 1.54) is 6.42 Å². The molecule has 0 aromatic heterocycles. The lowest BCUT2D eigenvalue weighted by atomic mass is 10.1. The van der Waals surface area contributed by atoms with Crippen molar-refractivity contribution < 1.29 is 9.59 Å². The second-order valence-electron chi connectivity index (χ2n) is 7.43. The molecule has 1 N–H and O–H groups in total. The van der Waals surface area contributed by atoms with Crippen LogP contribution in [0.15, 0.2) is 24.3 Å². The smallest absolute Gasteiger partial charge is 0.241 e. The summed E-state index contributed by atoms with van der Waals surface area (Å²) in [6.45, 7) is 7.46. The molecule has 2 saturated heterocycles. The Hall–Kier alpha value is -1.63. The maximum atomic E-state index is 12.5. The van der Waals surface area contributed by atoms with Crippen LogP contribution in [0.25, 0.3) is 0 Å². The number of rotatable bonds is 5. The van der Waals surface area contributed by atoms with Gasteiger partial charge in [0.05, 0.1) is 12.6 Å². The van der Waals surface area contributed by atoms with Gasteiger partial charge in [0.1, 0.15) is 0 Å². The maximum Gasteiger partial charge on any atom is 0.241 e. The molecule has 2 heterocycles. The van der Waals surface area contributed by atoms with Gasteiger partial charge in [-0.1, -0.05) is 11.6 Å². The summed E-state index contributed by atoms with van der Waals surface area (Å²) >= 11 is 5.88. The highest BCUT2D eigenvalue weighted by atomic mass is 35.5.